The lowest BCUT2D eigenvalue weighted by molar-refractivity contribution is -0.145. The quantitative estimate of drug-likeness (QED) is 0.779. The van der Waals surface area contributed by atoms with E-state index in [0.717, 1.165) is 18.4 Å². The topological polar surface area (TPSA) is 37.4 Å². The number of halogens is 1. The van der Waals surface area contributed by atoms with Gasteiger partial charge in [0.25, 0.3) is 0 Å². The summed E-state index contributed by atoms with van der Waals surface area (Å²) in [4.78, 5) is 25.8. The van der Waals surface area contributed by atoms with Crippen LogP contribution in [0.2, 0.25) is 0 Å². The van der Waals surface area contributed by atoms with Gasteiger partial charge >= 0.3 is 0 Å². The zero-order valence-electron chi connectivity index (χ0n) is 10.6. The minimum atomic E-state index is -0.299. The summed E-state index contributed by atoms with van der Waals surface area (Å²) < 4.78 is 13.0. The zero-order chi connectivity index (χ0) is 13.4. The average Bonchev–Trinajstić information content (AvgIpc) is 2.38. The molecule has 0 aromatic heterocycles. The standard InChI is InChI=1S/C15H16FNO2/c16-11-6-4-10(5-7-11)14-9-13(18)8-12-2-1-3-15(19)17(12)14/h4-7,12,14H,1-3,8-9H2/t12-,14+/m1/s1. The van der Waals surface area contributed by atoms with Crippen molar-refractivity contribution in [2.45, 2.75) is 44.2 Å². The second-order valence-electron chi connectivity index (χ2n) is 5.36. The first-order chi connectivity index (χ1) is 9.15. The van der Waals surface area contributed by atoms with E-state index in [1.165, 1.54) is 12.1 Å². The molecule has 0 aliphatic carbocycles. The number of Topliss-reactive ketones (excluding diaryl/α,β-unsaturated/α-hetero) is 1. The molecule has 2 saturated heterocycles. The number of piperidine rings is 2. The highest BCUT2D eigenvalue weighted by atomic mass is 19.1. The van der Waals surface area contributed by atoms with E-state index in [0.29, 0.717) is 19.3 Å². The van der Waals surface area contributed by atoms with E-state index in [2.05, 4.69) is 0 Å². The summed E-state index contributed by atoms with van der Waals surface area (Å²) in [6, 6.07) is 5.96. The molecule has 100 valence electrons. The van der Waals surface area contributed by atoms with Crippen LogP contribution in [0.15, 0.2) is 24.3 Å². The van der Waals surface area contributed by atoms with E-state index in [1.807, 2.05) is 4.90 Å². The molecular weight excluding hydrogens is 245 g/mol. The van der Waals surface area contributed by atoms with E-state index >= 15 is 0 Å². The molecule has 1 amide bonds. The van der Waals surface area contributed by atoms with Crippen molar-refractivity contribution in [2.24, 2.45) is 0 Å². The predicted octanol–water partition coefficient (Wildman–Crippen LogP) is 2.61. The average molecular weight is 261 g/mol. The molecule has 1 aromatic carbocycles. The van der Waals surface area contributed by atoms with Crippen LogP contribution in [-0.4, -0.2) is 22.6 Å². The lowest BCUT2D eigenvalue weighted by atomic mass is 9.85. The second-order valence-corrected chi connectivity index (χ2v) is 5.36. The third-order valence-electron chi connectivity index (χ3n) is 4.08. The summed E-state index contributed by atoms with van der Waals surface area (Å²) in [5.41, 5.74) is 0.856. The molecule has 0 saturated carbocycles. The molecule has 3 nitrogen and oxygen atoms in total. The highest BCUT2D eigenvalue weighted by Crippen LogP contribution is 2.37. The molecule has 4 heteroatoms. The number of amides is 1. The number of hydrogen-bond donors (Lipinski definition) is 0. The summed E-state index contributed by atoms with van der Waals surface area (Å²) in [5.74, 6) is 0.0238. The Labute approximate surface area is 111 Å². The molecule has 0 radical (unpaired) electrons. The fourth-order valence-electron chi connectivity index (χ4n) is 3.21. The van der Waals surface area contributed by atoms with Gasteiger partial charge in [-0.15, -0.1) is 0 Å². The number of ketones is 1. The summed E-state index contributed by atoms with van der Waals surface area (Å²) in [6.07, 6.45) is 3.15. The second kappa shape index (κ2) is 4.76. The van der Waals surface area contributed by atoms with Gasteiger partial charge in [0, 0.05) is 25.3 Å². The van der Waals surface area contributed by atoms with Crippen LogP contribution in [-0.2, 0) is 9.59 Å². The maximum absolute atomic E-state index is 13.0. The van der Waals surface area contributed by atoms with Crippen LogP contribution in [0.4, 0.5) is 4.39 Å². The van der Waals surface area contributed by atoms with Crippen molar-refractivity contribution in [2.75, 3.05) is 0 Å². The Kier molecular flexibility index (Phi) is 3.09. The maximum Gasteiger partial charge on any atom is 0.223 e. The van der Waals surface area contributed by atoms with Gasteiger partial charge in [0.05, 0.1) is 6.04 Å². The van der Waals surface area contributed by atoms with Crippen molar-refractivity contribution in [3.63, 3.8) is 0 Å². The van der Waals surface area contributed by atoms with Crippen LogP contribution in [0, 0.1) is 5.82 Å². The Morgan fingerprint density at radius 3 is 2.58 bits per heavy atom. The summed E-state index contributed by atoms with van der Waals surface area (Å²) in [6.45, 7) is 0. The van der Waals surface area contributed by atoms with Gasteiger partial charge in [-0.2, -0.15) is 0 Å². The van der Waals surface area contributed by atoms with E-state index < -0.39 is 0 Å². The Balaban J connectivity index is 1.94. The van der Waals surface area contributed by atoms with Crippen molar-refractivity contribution in [1.29, 1.82) is 0 Å². The lowest BCUT2D eigenvalue weighted by Crippen LogP contribution is -2.50. The molecule has 0 spiro atoms. The molecule has 2 atom stereocenters. The first-order valence-electron chi connectivity index (χ1n) is 6.73. The highest BCUT2D eigenvalue weighted by molar-refractivity contribution is 5.85. The van der Waals surface area contributed by atoms with Crippen LogP contribution in [0.5, 0.6) is 0 Å². The van der Waals surface area contributed by atoms with Crippen LogP contribution < -0.4 is 0 Å². The van der Waals surface area contributed by atoms with Gasteiger partial charge in [0.15, 0.2) is 0 Å². The van der Waals surface area contributed by atoms with Crippen LogP contribution in [0.1, 0.15) is 43.7 Å². The van der Waals surface area contributed by atoms with Crippen molar-refractivity contribution < 1.29 is 14.0 Å². The lowest BCUT2D eigenvalue weighted by Gasteiger charge is -2.44. The number of nitrogens with zero attached hydrogens (tertiary/aromatic N) is 1. The first-order valence-corrected chi connectivity index (χ1v) is 6.73. The maximum atomic E-state index is 13.0. The molecule has 0 unspecified atom stereocenters. The third kappa shape index (κ3) is 2.27. The summed E-state index contributed by atoms with van der Waals surface area (Å²) in [7, 11) is 0. The third-order valence-corrected chi connectivity index (χ3v) is 4.08. The van der Waals surface area contributed by atoms with Gasteiger partial charge in [0.2, 0.25) is 5.91 Å². The van der Waals surface area contributed by atoms with Crippen molar-refractivity contribution >= 4 is 11.7 Å². The van der Waals surface area contributed by atoms with Crippen LogP contribution >= 0.6 is 0 Å². The fraction of sp³-hybridized carbons (Fsp3) is 0.467. The molecule has 2 fully saturated rings. The number of carbonyl (C=O) groups excluding carboxylic acids is 2. The molecule has 2 aliphatic rings. The summed E-state index contributed by atoms with van der Waals surface area (Å²) >= 11 is 0. The van der Waals surface area contributed by atoms with Crippen molar-refractivity contribution in [3.8, 4) is 0 Å². The monoisotopic (exact) mass is 261 g/mol. The van der Waals surface area contributed by atoms with Crippen LogP contribution in [0.3, 0.4) is 0 Å². The van der Waals surface area contributed by atoms with Gasteiger partial charge in [-0.25, -0.2) is 4.39 Å². The van der Waals surface area contributed by atoms with E-state index in [9.17, 15) is 14.0 Å². The van der Waals surface area contributed by atoms with Gasteiger partial charge in [0.1, 0.15) is 11.6 Å². The van der Waals surface area contributed by atoms with Crippen LogP contribution in [0.25, 0.3) is 0 Å². The number of benzene rings is 1. The SMILES string of the molecule is O=C1C[C@H]2CCCC(=O)N2[C@H](c2ccc(F)cc2)C1. The van der Waals surface area contributed by atoms with Gasteiger partial charge in [-0.1, -0.05) is 12.1 Å². The molecule has 0 N–H and O–H groups in total. The highest BCUT2D eigenvalue weighted by Gasteiger charge is 2.40. The molecular formula is C15H16FNO2. The number of fused-ring (bicyclic) bond motifs is 1. The smallest absolute Gasteiger partial charge is 0.223 e. The zero-order valence-corrected chi connectivity index (χ0v) is 10.6. The minimum Gasteiger partial charge on any atom is -0.332 e. The van der Waals surface area contributed by atoms with E-state index in [1.54, 1.807) is 12.1 Å². The summed E-state index contributed by atoms with van der Waals surface area (Å²) in [5, 5.41) is 0. The number of carbonyl (C=O) groups is 2. The number of rotatable bonds is 1. The molecule has 2 aliphatic heterocycles. The molecule has 0 bridgehead atoms. The first kappa shape index (κ1) is 12.3. The predicted molar refractivity (Wildman–Crippen MR) is 67.9 cm³/mol. The molecule has 3 rings (SSSR count). The Morgan fingerprint density at radius 1 is 1.11 bits per heavy atom. The Bertz CT molecular complexity index is 511. The van der Waals surface area contributed by atoms with Crippen molar-refractivity contribution in [1.82, 2.24) is 4.90 Å². The van der Waals surface area contributed by atoms with E-state index in [-0.39, 0.29) is 29.6 Å². The Hall–Kier alpha value is -1.71. The van der Waals surface area contributed by atoms with Gasteiger partial charge in [-0.3, -0.25) is 9.59 Å². The van der Waals surface area contributed by atoms with Gasteiger partial charge in [-0.05, 0) is 30.5 Å². The fourth-order valence-corrected chi connectivity index (χ4v) is 3.21. The van der Waals surface area contributed by atoms with E-state index in [4.69, 9.17) is 0 Å². The Morgan fingerprint density at radius 2 is 1.84 bits per heavy atom. The molecule has 19 heavy (non-hydrogen) atoms. The number of hydrogen-bond acceptors (Lipinski definition) is 2. The molecule has 1 aromatic rings. The minimum absolute atomic E-state index is 0.0394. The molecule has 2 heterocycles. The largest absolute Gasteiger partial charge is 0.332 e. The van der Waals surface area contributed by atoms with Gasteiger partial charge < -0.3 is 4.90 Å². The normalized spacial score (nSPS) is 27.3. The van der Waals surface area contributed by atoms with Crippen molar-refractivity contribution in [3.05, 3.63) is 35.6 Å².